The standard InChI is InChI=1S/C17H19N3O3S/c1-20(10-15-4-3-9-24-15)11-17-18-16(19-23-17)12-22-14-7-5-13(21-2)6-8-14/h3-9H,10-12H2,1-2H3. The quantitative estimate of drug-likeness (QED) is 0.624. The lowest BCUT2D eigenvalue weighted by Crippen LogP contribution is -2.16. The first-order chi connectivity index (χ1) is 11.7. The Bertz CT molecular complexity index is 741. The fourth-order valence-corrected chi connectivity index (χ4v) is 2.97. The van der Waals surface area contributed by atoms with Crippen LogP contribution in [0.15, 0.2) is 46.3 Å². The van der Waals surface area contributed by atoms with Crippen molar-refractivity contribution in [3.05, 3.63) is 58.4 Å². The van der Waals surface area contributed by atoms with Gasteiger partial charge in [0.2, 0.25) is 11.7 Å². The summed E-state index contributed by atoms with van der Waals surface area (Å²) >= 11 is 1.74. The Hall–Kier alpha value is -2.38. The average molecular weight is 345 g/mol. The largest absolute Gasteiger partial charge is 0.497 e. The van der Waals surface area contributed by atoms with E-state index in [4.69, 9.17) is 14.0 Å². The van der Waals surface area contributed by atoms with Crippen molar-refractivity contribution in [2.24, 2.45) is 0 Å². The predicted molar refractivity (Wildman–Crippen MR) is 91.1 cm³/mol. The van der Waals surface area contributed by atoms with Crippen LogP contribution < -0.4 is 9.47 Å². The van der Waals surface area contributed by atoms with Gasteiger partial charge in [-0.05, 0) is 42.8 Å². The van der Waals surface area contributed by atoms with Crippen molar-refractivity contribution in [3.63, 3.8) is 0 Å². The highest BCUT2D eigenvalue weighted by Gasteiger charge is 2.10. The lowest BCUT2D eigenvalue weighted by Gasteiger charge is -2.12. The zero-order chi connectivity index (χ0) is 16.8. The van der Waals surface area contributed by atoms with Gasteiger partial charge in [0.25, 0.3) is 0 Å². The average Bonchev–Trinajstić information content (AvgIpc) is 3.25. The molecule has 3 aromatic rings. The summed E-state index contributed by atoms with van der Waals surface area (Å²) in [4.78, 5) is 7.80. The summed E-state index contributed by atoms with van der Waals surface area (Å²) in [6, 6.07) is 11.5. The van der Waals surface area contributed by atoms with E-state index in [-0.39, 0.29) is 6.61 Å². The lowest BCUT2D eigenvalue weighted by atomic mass is 10.3. The van der Waals surface area contributed by atoms with E-state index in [1.165, 1.54) is 4.88 Å². The highest BCUT2D eigenvalue weighted by molar-refractivity contribution is 7.09. The number of aromatic nitrogens is 2. The van der Waals surface area contributed by atoms with E-state index in [1.54, 1.807) is 18.4 Å². The van der Waals surface area contributed by atoms with Crippen molar-refractivity contribution in [1.82, 2.24) is 15.0 Å². The second-order valence-corrected chi connectivity index (χ2v) is 6.35. The van der Waals surface area contributed by atoms with Gasteiger partial charge in [-0.2, -0.15) is 4.98 Å². The molecule has 0 aliphatic carbocycles. The smallest absolute Gasteiger partial charge is 0.240 e. The number of methoxy groups -OCH3 is 1. The van der Waals surface area contributed by atoms with E-state index in [2.05, 4.69) is 32.6 Å². The highest BCUT2D eigenvalue weighted by Crippen LogP contribution is 2.18. The molecular weight excluding hydrogens is 326 g/mol. The van der Waals surface area contributed by atoms with E-state index in [9.17, 15) is 0 Å². The Labute approximate surface area is 144 Å². The molecule has 0 N–H and O–H groups in total. The number of rotatable bonds is 8. The van der Waals surface area contributed by atoms with E-state index in [1.807, 2.05) is 31.3 Å². The Morgan fingerprint density at radius 3 is 2.62 bits per heavy atom. The van der Waals surface area contributed by atoms with Crippen LogP contribution >= 0.6 is 11.3 Å². The molecule has 0 spiro atoms. The van der Waals surface area contributed by atoms with Gasteiger partial charge in [-0.3, -0.25) is 4.90 Å². The van der Waals surface area contributed by atoms with Gasteiger partial charge in [0, 0.05) is 11.4 Å². The summed E-state index contributed by atoms with van der Waals surface area (Å²) < 4.78 is 16.0. The van der Waals surface area contributed by atoms with E-state index in [0.29, 0.717) is 18.3 Å². The van der Waals surface area contributed by atoms with Crippen LogP contribution in [0.25, 0.3) is 0 Å². The summed E-state index contributed by atoms with van der Waals surface area (Å²) in [7, 11) is 3.66. The molecule has 2 aromatic heterocycles. The molecule has 0 aliphatic heterocycles. The summed E-state index contributed by atoms with van der Waals surface area (Å²) in [6.07, 6.45) is 0. The molecule has 6 nitrogen and oxygen atoms in total. The second-order valence-electron chi connectivity index (χ2n) is 5.32. The maximum absolute atomic E-state index is 5.64. The molecule has 126 valence electrons. The van der Waals surface area contributed by atoms with Crippen molar-refractivity contribution in [3.8, 4) is 11.5 Å². The minimum absolute atomic E-state index is 0.268. The summed E-state index contributed by atoms with van der Waals surface area (Å²) in [6.45, 7) is 1.73. The summed E-state index contributed by atoms with van der Waals surface area (Å²) in [5.41, 5.74) is 0. The van der Waals surface area contributed by atoms with Crippen molar-refractivity contribution in [2.75, 3.05) is 14.2 Å². The summed E-state index contributed by atoms with van der Waals surface area (Å²) in [5, 5.41) is 6.03. The van der Waals surface area contributed by atoms with E-state index in [0.717, 1.165) is 18.0 Å². The first-order valence-corrected chi connectivity index (χ1v) is 8.40. The minimum atomic E-state index is 0.268. The minimum Gasteiger partial charge on any atom is -0.497 e. The van der Waals surface area contributed by atoms with Gasteiger partial charge in [0.15, 0.2) is 6.61 Å². The molecule has 3 rings (SSSR count). The van der Waals surface area contributed by atoms with Crippen LogP contribution in [0.5, 0.6) is 11.5 Å². The number of hydrogen-bond acceptors (Lipinski definition) is 7. The van der Waals surface area contributed by atoms with Crippen molar-refractivity contribution >= 4 is 11.3 Å². The molecule has 0 saturated heterocycles. The molecule has 0 amide bonds. The first kappa shape index (κ1) is 16.5. The first-order valence-electron chi connectivity index (χ1n) is 7.52. The molecule has 1 aromatic carbocycles. The molecular formula is C17H19N3O3S. The molecule has 7 heteroatoms. The third-order valence-electron chi connectivity index (χ3n) is 3.35. The zero-order valence-electron chi connectivity index (χ0n) is 13.6. The van der Waals surface area contributed by atoms with Crippen LogP contribution in [0.1, 0.15) is 16.6 Å². The van der Waals surface area contributed by atoms with Gasteiger partial charge in [-0.1, -0.05) is 11.2 Å². The van der Waals surface area contributed by atoms with E-state index < -0.39 is 0 Å². The van der Waals surface area contributed by atoms with Crippen LogP contribution in [0.4, 0.5) is 0 Å². The normalized spacial score (nSPS) is 11.0. The SMILES string of the molecule is COc1ccc(OCc2noc(CN(C)Cc3cccs3)n2)cc1. The molecule has 0 radical (unpaired) electrons. The van der Waals surface area contributed by atoms with Gasteiger partial charge >= 0.3 is 0 Å². The number of ether oxygens (including phenoxy) is 2. The maximum atomic E-state index is 5.64. The zero-order valence-corrected chi connectivity index (χ0v) is 14.5. The third-order valence-corrected chi connectivity index (χ3v) is 4.21. The van der Waals surface area contributed by atoms with Crippen LogP contribution in [-0.2, 0) is 19.7 Å². The van der Waals surface area contributed by atoms with Crippen molar-refractivity contribution < 1.29 is 14.0 Å². The molecule has 0 aliphatic rings. The Morgan fingerprint density at radius 2 is 1.92 bits per heavy atom. The topological polar surface area (TPSA) is 60.6 Å². The molecule has 0 saturated carbocycles. The van der Waals surface area contributed by atoms with Crippen LogP contribution in [0.2, 0.25) is 0 Å². The maximum Gasteiger partial charge on any atom is 0.240 e. The van der Waals surface area contributed by atoms with Crippen LogP contribution in [0, 0.1) is 0 Å². The monoisotopic (exact) mass is 345 g/mol. The Kier molecular flexibility index (Phi) is 5.45. The predicted octanol–water partition coefficient (Wildman–Crippen LogP) is 3.35. The van der Waals surface area contributed by atoms with Gasteiger partial charge in [0.1, 0.15) is 11.5 Å². The highest BCUT2D eigenvalue weighted by atomic mass is 32.1. The number of nitrogens with zero attached hydrogens (tertiary/aromatic N) is 3. The van der Waals surface area contributed by atoms with Gasteiger partial charge in [-0.15, -0.1) is 11.3 Å². The Balaban J connectivity index is 1.49. The van der Waals surface area contributed by atoms with Crippen molar-refractivity contribution in [2.45, 2.75) is 19.7 Å². The second kappa shape index (κ2) is 7.94. The number of thiophene rings is 1. The van der Waals surface area contributed by atoms with Gasteiger partial charge in [0.05, 0.1) is 13.7 Å². The van der Waals surface area contributed by atoms with E-state index >= 15 is 0 Å². The molecule has 0 atom stereocenters. The molecule has 2 heterocycles. The number of hydrogen-bond donors (Lipinski definition) is 0. The fraction of sp³-hybridized carbons (Fsp3) is 0.294. The molecule has 0 unspecified atom stereocenters. The number of benzene rings is 1. The summed E-state index contributed by atoms with van der Waals surface area (Å²) in [5.74, 6) is 2.64. The molecule has 24 heavy (non-hydrogen) atoms. The van der Waals surface area contributed by atoms with Crippen LogP contribution in [-0.4, -0.2) is 29.2 Å². The third kappa shape index (κ3) is 4.56. The van der Waals surface area contributed by atoms with Gasteiger partial charge in [-0.25, -0.2) is 0 Å². The molecule has 0 bridgehead atoms. The van der Waals surface area contributed by atoms with Gasteiger partial charge < -0.3 is 14.0 Å². The Morgan fingerprint density at radius 1 is 1.12 bits per heavy atom. The van der Waals surface area contributed by atoms with Crippen LogP contribution in [0.3, 0.4) is 0 Å². The van der Waals surface area contributed by atoms with Crippen molar-refractivity contribution in [1.29, 1.82) is 0 Å². The fourth-order valence-electron chi connectivity index (χ4n) is 2.19. The molecule has 0 fully saturated rings. The lowest BCUT2D eigenvalue weighted by molar-refractivity contribution is 0.257.